The second kappa shape index (κ2) is 7.01. The van der Waals surface area contributed by atoms with Crippen LogP contribution in [0.15, 0.2) is 36.7 Å². The van der Waals surface area contributed by atoms with E-state index in [9.17, 15) is 4.79 Å². The molecule has 164 valence electrons. The summed E-state index contributed by atoms with van der Waals surface area (Å²) in [5.41, 5.74) is 5.64. The Kier molecular flexibility index (Phi) is 4.18. The second-order valence-electron chi connectivity index (χ2n) is 9.02. The van der Waals surface area contributed by atoms with Crippen LogP contribution in [0.4, 0.5) is 5.69 Å². The minimum atomic E-state index is -0.264. The van der Waals surface area contributed by atoms with Crippen molar-refractivity contribution in [2.45, 2.75) is 38.3 Å². The average Bonchev–Trinajstić information content (AvgIpc) is 3.47. The van der Waals surface area contributed by atoms with Crippen LogP contribution in [0, 0.1) is 6.57 Å². The molecule has 33 heavy (non-hydrogen) atoms. The number of carbonyl (C=O) groups is 1. The molecule has 0 radical (unpaired) electrons. The number of rotatable bonds is 3. The summed E-state index contributed by atoms with van der Waals surface area (Å²) in [6.07, 6.45) is 5.82. The van der Waals surface area contributed by atoms with Crippen LogP contribution in [0.3, 0.4) is 0 Å². The molecule has 8 nitrogen and oxygen atoms in total. The topological polar surface area (TPSA) is 73.2 Å². The third kappa shape index (κ3) is 2.96. The molecule has 1 aliphatic carbocycles. The van der Waals surface area contributed by atoms with E-state index >= 15 is 0 Å². The van der Waals surface area contributed by atoms with Crippen LogP contribution in [-0.4, -0.2) is 42.2 Å². The summed E-state index contributed by atoms with van der Waals surface area (Å²) in [4.78, 5) is 28.2. The van der Waals surface area contributed by atoms with Gasteiger partial charge in [0.1, 0.15) is 11.9 Å². The van der Waals surface area contributed by atoms with Crippen LogP contribution in [-0.2, 0) is 18.4 Å². The summed E-state index contributed by atoms with van der Waals surface area (Å²) in [5, 5.41) is 5.13. The largest absolute Gasteiger partial charge is 0.338 e. The summed E-state index contributed by atoms with van der Waals surface area (Å²) < 4.78 is 3.86. The fourth-order valence-corrected chi connectivity index (χ4v) is 4.88. The SMILES string of the molecule is [C-]#[N+]c1cc2c(-c3nc(C4CC4)n4c3CN(C)C(=O)[C@@H]4C)cccc2nc1-c1cnn(C)c1. The highest BCUT2D eigenvalue weighted by Crippen LogP contribution is 2.45. The highest BCUT2D eigenvalue weighted by atomic mass is 16.2. The van der Waals surface area contributed by atoms with Gasteiger partial charge in [0.15, 0.2) is 0 Å². The van der Waals surface area contributed by atoms with E-state index < -0.39 is 0 Å². The number of hydrogen-bond donors (Lipinski definition) is 0. The first-order valence-corrected chi connectivity index (χ1v) is 11.1. The number of aryl methyl sites for hydroxylation is 1. The van der Waals surface area contributed by atoms with E-state index in [1.165, 1.54) is 0 Å². The maximum absolute atomic E-state index is 12.7. The lowest BCUT2D eigenvalue weighted by molar-refractivity contribution is -0.135. The van der Waals surface area contributed by atoms with Crippen molar-refractivity contribution >= 4 is 22.5 Å². The first-order chi connectivity index (χ1) is 16.0. The van der Waals surface area contributed by atoms with Crippen molar-refractivity contribution in [3.63, 3.8) is 0 Å². The van der Waals surface area contributed by atoms with Gasteiger partial charge in [0, 0.05) is 37.3 Å². The van der Waals surface area contributed by atoms with Crippen LogP contribution in [0.1, 0.15) is 43.2 Å². The third-order valence-electron chi connectivity index (χ3n) is 6.68. The van der Waals surface area contributed by atoms with Crippen molar-refractivity contribution in [1.82, 2.24) is 29.2 Å². The maximum Gasteiger partial charge on any atom is 0.245 e. The van der Waals surface area contributed by atoms with Crippen LogP contribution in [0.2, 0.25) is 0 Å². The Balaban J connectivity index is 1.59. The lowest BCUT2D eigenvalue weighted by Crippen LogP contribution is -2.39. The van der Waals surface area contributed by atoms with Crippen LogP contribution in [0.5, 0.6) is 0 Å². The van der Waals surface area contributed by atoms with E-state index in [-0.39, 0.29) is 11.9 Å². The predicted molar refractivity (Wildman–Crippen MR) is 125 cm³/mol. The summed E-state index contributed by atoms with van der Waals surface area (Å²) in [6.45, 7) is 10.3. The molecule has 1 atom stereocenters. The number of hydrogen-bond acceptors (Lipinski definition) is 4. The van der Waals surface area contributed by atoms with E-state index in [2.05, 4.69) is 14.5 Å². The normalized spacial score (nSPS) is 17.9. The molecule has 0 spiro atoms. The molecule has 6 rings (SSSR count). The maximum atomic E-state index is 12.7. The number of pyridine rings is 1. The second-order valence-corrected chi connectivity index (χ2v) is 9.02. The summed E-state index contributed by atoms with van der Waals surface area (Å²) >= 11 is 0. The molecule has 1 amide bonds. The molecule has 0 saturated heterocycles. The average molecular weight is 438 g/mol. The van der Waals surface area contributed by atoms with Gasteiger partial charge in [0.2, 0.25) is 11.6 Å². The van der Waals surface area contributed by atoms with Gasteiger partial charge in [-0.05, 0) is 37.3 Å². The zero-order valence-electron chi connectivity index (χ0n) is 18.8. The van der Waals surface area contributed by atoms with Gasteiger partial charge in [-0.1, -0.05) is 12.1 Å². The smallest absolute Gasteiger partial charge is 0.245 e. The number of amides is 1. The van der Waals surface area contributed by atoms with Crippen molar-refractivity contribution in [2.24, 2.45) is 7.05 Å². The summed E-state index contributed by atoms with van der Waals surface area (Å²) in [6, 6.07) is 7.65. The minimum Gasteiger partial charge on any atom is -0.338 e. The Labute approximate surface area is 191 Å². The van der Waals surface area contributed by atoms with Crippen molar-refractivity contribution in [3.8, 4) is 22.5 Å². The van der Waals surface area contributed by atoms with E-state index in [1.807, 2.05) is 51.5 Å². The molecule has 1 fully saturated rings. The zero-order valence-corrected chi connectivity index (χ0v) is 18.8. The van der Waals surface area contributed by atoms with Gasteiger partial charge >= 0.3 is 0 Å². The number of nitrogens with zero attached hydrogens (tertiary/aromatic N) is 7. The number of aromatic nitrogens is 5. The first kappa shape index (κ1) is 19.7. The summed E-state index contributed by atoms with van der Waals surface area (Å²) in [7, 11) is 3.69. The van der Waals surface area contributed by atoms with E-state index in [1.54, 1.807) is 15.8 Å². The molecular weight excluding hydrogens is 414 g/mol. The fraction of sp³-hybridized carbons (Fsp3) is 0.320. The van der Waals surface area contributed by atoms with Gasteiger partial charge in [-0.15, -0.1) is 0 Å². The van der Waals surface area contributed by atoms with Crippen molar-refractivity contribution in [1.29, 1.82) is 0 Å². The summed E-state index contributed by atoms with van der Waals surface area (Å²) in [5.74, 6) is 1.54. The fourth-order valence-electron chi connectivity index (χ4n) is 4.88. The zero-order chi connectivity index (χ0) is 22.9. The van der Waals surface area contributed by atoms with Crippen molar-refractivity contribution in [3.05, 3.63) is 59.6 Å². The Morgan fingerprint density at radius 1 is 1.15 bits per heavy atom. The molecule has 2 aliphatic rings. The highest BCUT2D eigenvalue weighted by Gasteiger charge is 2.38. The van der Waals surface area contributed by atoms with E-state index in [0.717, 1.165) is 52.1 Å². The molecule has 8 heteroatoms. The number of benzene rings is 1. The molecule has 0 bridgehead atoms. The van der Waals surface area contributed by atoms with Crippen molar-refractivity contribution in [2.75, 3.05) is 7.05 Å². The third-order valence-corrected chi connectivity index (χ3v) is 6.68. The number of fused-ring (bicyclic) bond motifs is 2. The van der Waals surface area contributed by atoms with Gasteiger partial charge in [-0.2, -0.15) is 5.10 Å². The number of likely N-dealkylation sites (N-methyl/N-ethyl adjacent to an activating group) is 1. The van der Waals surface area contributed by atoms with Crippen LogP contribution < -0.4 is 0 Å². The number of imidazole rings is 1. The molecule has 1 aromatic carbocycles. The highest BCUT2D eigenvalue weighted by molar-refractivity contribution is 5.99. The van der Waals surface area contributed by atoms with Crippen LogP contribution in [0.25, 0.3) is 38.3 Å². The molecule has 0 unspecified atom stereocenters. The Bertz CT molecular complexity index is 1480. The standard InChI is InChI=1S/C25H23N7O/c1-14-25(33)30(3)13-21-23(29-24(32(14)21)15-8-9-15)17-6-5-7-19-18(17)10-20(26-2)22(28-19)16-11-27-31(4)12-16/h5-7,10-12,14-15H,8-9,13H2,1,3-4H3/t14-/m0/s1. The predicted octanol–water partition coefficient (Wildman–Crippen LogP) is 4.46. The molecule has 3 aromatic heterocycles. The molecule has 4 heterocycles. The molecule has 1 saturated carbocycles. The quantitative estimate of drug-likeness (QED) is 0.444. The first-order valence-electron chi connectivity index (χ1n) is 11.1. The minimum absolute atomic E-state index is 0.115. The van der Waals surface area contributed by atoms with Gasteiger partial charge in [0.05, 0.1) is 41.9 Å². The van der Waals surface area contributed by atoms with Gasteiger partial charge in [-0.3, -0.25) is 14.5 Å². The molecule has 4 aromatic rings. The lowest BCUT2D eigenvalue weighted by atomic mass is 10.0. The number of carbonyl (C=O) groups excluding carboxylic acids is 1. The van der Waals surface area contributed by atoms with E-state index in [0.29, 0.717) is 23.8 Å². The molecule has 1 aliphatic heterocycles. The monoisotopic (exact) mass is 437 g/mol. The molecular formula is C25H23N7O. The molecule has 0 N–H and O–H groups in total. The van der Waals surface area contributed by atoms with Gasteiger partial charge in [-0.25, -0.2) is 9.83 Å². The Morgan fingerprint density at radius 3 is 2.67 bits per heavy atom. The van der Waals surface area contributed by atoms with E-state index in [4.69, 9.17) is 16.5 Å². The van der Waals surface area contributed by atoms with Crippen LogP contribution >= 0.6 is 0 Å². The van der Waals surface area contributed by atoms with Gasteiger partial charge < -0.3 is 9.47 Å². The Morgan fingerprint density at radius 2 is 1.97 bits per heavy atom. The van der Waals surface area contributed by atoms with Crippen molar-refractivity contribution < 1.29 is 4.79 Å². The Hall–Kier alpha value is -3.99. The lowest BCUT2D eigenvalue weighted by Gasteiger charge is -2.31. The van der Waals surface area contributed by atoms with Gasteiger partial charge in [0.25, 0.3) is 0 Å².